The molecular weight excluding hydrogens is 252 g/mol. The number of hydrogen-bond acceptors (Lipinski definition) is 4. The van der Waals surface area contributed by atoms with Gasteiger partial charge in [-0.1, -0.05) is 6.42 Å². The van der Waals surface area contributed by atoms with Gasteiger partial charge in [-0.3, -0.25) is 0 Å². The lowest BCUT2D eigenvalue weighted by Crippen LogP contribution is -2.39. The highest BCUT2D eigenvalue weighted by molar-refractivity contribution is 7.91. The molecule has 2 rings (SSSR count). The zero-order chi connectivity index (χ0) is 13.2. The molecule has 1 heterocycles. The Labute approximate surface area is 110 Å². The fraction of sp³-hybridized carbons (Fsp3) is 1.00. The van der Waals surface area contributed by atoms with Gasteiger partial charge in [-0.25, -0.2) is 8.42 Å². The van der Waals surface area contributed by atoms with Crippen molar-refractivity contribution in [3.05, 3.63) is 0 Å². The molecule has 0 radical (unpaired) electrons. The molecule has 18 heavy (non-hydrogen) atoms. The lowest BCUT2D eigenvalue weighted by molar-refractivity contribution is -0.0394. The Morgan fingerprint density at radius 3 is 2.50 bits per heavy atom. The third-order valence-electron chi connectivity index (χ3n) is 4.43. The summed E-state index contributed by atoms with van der Waals surface area (Å²) in [7, 11) is -2.97. The van der Waals surface area contributed by atoms with Gasteiger partial charge in [0.15, 0.2) is 0 Å². The molecule has 1 aliphatic heterocycles. The average molecular weight is 276 g/mol. The number of aliphatic hydroxyl groups excluding tert-OH is 1. The largest absolute Gasteiger partial charge is 0.392 e. The van der Waals surface area contributed by atoms with Gasteiger partial charge in [0.1, 0.15) is 9.84 Å². The third kappa shape index (κ3) is 3.45. The minimum Gasteiger partial charge on any atom is -0.392 e. The Morgan fingerprint density at radius 1 is 1.17 bits per heavy atom. The van der Waals surface area contributed by atoms with Crippen molar-refractivity contribution in [2.75, 3.05) is 19.5 Å². The van der Waals surface area contributed by atoms with E-state index < -0.39 is 15.9 Å². The molecule has 5 heteroatoms. The van der Waals surface area contributed by atoms with E-state index in [1.807, 2.05) is 0 Å². The summed E-state index contributed by atoms with van der Waals surface area (Å²) in [5, 5.41) is 10.2. The third-order valence-corrected chi connectivity index (χ3v) is 6.07. The van der Waals surface area contributed by atoms with Crippen LogP contribution < -0.4 is 0 Å². The Balaban J connectivity index is 1.95. The molecule has 2 aliphatic rings. The zero-order valence-electron chi connectivity index (χ0n) is 11.0. The quantitative estimate of drug-likeness (QED) is 0.846. The standard InChI is InChI=1S/C13H24O4S/c1-18(15,16)12-6-2-4-10(8-12)13(14)11-5-3-7-17-9-11/h10-14H,2-9H2,1H3. The number of aliphatic hydroxyl groups is 1. The van der Waals surface area contributed by atoms with E-state index in [9.17, 15) is 13.5 Å². The molecule has 0 aromatic heterocycles. The number of ether oxygens (including phenoxy) is 1. The van der Waals surface area contributed by atoms with Crippen molar-refractivity contribution in [2.24, 2.45) is 11.8 Å². The Hall–Kier alpha value is -0.130. The summed E-state index contributed by atoms with van der Waals surface area (Å²) >= 11 is 0. The highest BCUT2D eigenvalue weighted by atomic mass is 32.2. The van der Waals surface area contributed by atoms with E-state index in [1.165, 1.54) is 6.26 Å². The predicted molar refractivity (Wildman–Crippen MR) is 70.1 cm³/mol. The molecule has 1 aliphatic carbocycles. The molecular formula is C13H24O4S. The molecule has 4 atom stereocenters. The van der Waals surface area contributed by atoms with Crippen molar-refractivity contribution < 1.29 is 18.3 Å². The monoisotopic (exact) mass is 276 g/mol. The number of rotatable bonds is 3. The molecule has 0 aromatic carbocycles. The fourth-order valence-corrected chi connectivity index (χ4v) is 4.49. The minimum absolute atomic E-state index is 0.130. The van der Waals surface area contributed by atoms with E-state index in [-0.39, 0.29) is 17.1 Å². The molecule has 2 fully saturated rings. The van der Waals surface area contributed by atoms with Crippen molar-refractivity contribution in [3.8, 4) is 0 Å². The van der Waals surface area contributed by atoms with Gasteiger partial charge in [0.05, 0.1) is 18.0 Å². The topological polar surface area (TPSA) is 63.6 Å². The summed E-state index contributed by atoms with van der Waals surface area (Å²) in [5.41, 5.74) is 0. The SMILES string of the molecule is CS(=O)(=O)C1CCCC(C(O)C2CCCOC2)C1. The van der Waals surface area contributed by atoms with Crippen LogP contribution in [0, 0.1) is 11.8 Å². The van der Waals surface area contributed by atoms with Gasteiger partial charge in [-0.05, 0) is 38.0 Å². The van der Waals surface area contributed by atoms with E-state index >= 15 is 0 Å². The second-order valence-electron chi connectivity index (χ2n) is 5.85. The van der Waals surface area contributed by atoms with Crippen LogP contribution in [0.1, 0.15) is 38.5 Å². The normalized spacial score (nSPS) is 36.2. The van der Waals surface area contributed by atoms with Crippen LogP contribution in [0.3, 0.4) is 0 Å². The molecule has 1 saturated heterocycles. The fourth-order valence-electron chi connectivity index (χ4n) is 3.30. The van der Waals surface area contributed by atoms with Gasteiger partial charge >= 0.3 is 0 Å². The summed E-state index contributed by atoms with van der Waals surface area (Å²) in [5.74, 6) is 0.326. The summed E-state index contributed by atoms with van der Waals surface area (Å²) < 4.78 is 28.7. The summed E-state index contributed by atoms with van der Waals surface area (Å²) in [6, 6.07) is 0. The Morgan fingerprint density at radius 2 is 1.89 bits per heavy atom. The van der Waals surface area contributed by atoms with Crippen LogP contribution in [0.15, 0.2) is 0 Å². The van der Waals surface area contributed by atoms with Crippen LogP contribution in [-0.2, 0) is 14.6 Å². The van der Waals surface area contributed by atoms with E-state index in [0.717, 1.165) is 38.7 Å². The molecule has 106 valence electrons. The highest BCUT2D eigenvalue weighted by Crippen LogP contribution is 2.34. The molecule has 4 nitrogen and oxygen atoms in total. The minimum atomic E-state index is -2.97. The predicted octanol–water partition coefficient (Wildman–Crippen LogP) is 1.38. The maximum Gasteiger partial charge on any atom is 0.150 e. The Bertz CT molecular complexity index is 359. The lowest BCUT2D eigenvalue weighted by atomic mass is 9.78. The van der Waals surface area contributed by atoms with E-state index in [4.69, 9.17) is 4.74 Å². The van der Waals surface area contributed by atoms with Crippen LogP contribution >= 0.6 is 0 Å². The van der Waals surface area contributed by atoms with Crippen molar-refractivity contribution in [3.63, 3.8) is 0 Å². The van der Waals surface area contributed by atoms with Crippen LogP contribution in [0.2, 0.25) is 0 Å². The maximum atomic E-state index is 11.6. The average Bonchev–Trinajstić information content (AvgIpc) is 2.38. The summed E-state index contributed by atoms with van der Waals surface area (Å²) in [6.45, 7) is 1.42. The highest BCUT2D eigenvalue weighted by Gasteiger charge is 2.36. The lowest BCUT2D eigenvalue weighted by Gasteiger charge is -2.36. The van der Waals surface area contributed by atoms with E-state index in [0.29, 0.717) is 13.0 Å². The van der Waals surface area contributed by atoms with Crippen molar-refractivity contribution >= 4 is 9.84 Å². The molecule has 1 N–H and O–H groups in total. The van der Waals surface area contributed by atoms with Crippen molar-refractivity contribution in [2.45, 2.75) is 49.9 Å². The van der Waals surface area contributed by atoms with E-state index in [1.54, 1.807) is 0 Å². The molecule has 0 aromatic rings. The van der Waals surface area contributed by atoms with Crippen molar-refractivity contribution in [1.82, 2.24) is 0 Å². The van der Waals surface area contributed by atoms with Gasteiger partial charge in [-0.2, -0.15) is 0 Å². The second-order valence-corrected chi connectivity index (χ2v) is 8.17. The summed E-state index contributed by atoms with van der Waals surface area (Å²) in [6.07, 6.45) is 6.16. The van der Waals surface area contributed by atoms with Gasteiger partial charge in [0.25, 0.3) is 0 Å². The van der Waals surface area contributed by atoms with Crippen LogP contribution in [0.25, 0.3) is 0 Å². The van der Waals surface area contributed by atoms with Crippen LogP contribution in [0.4, 0.5) is 0 Å². The molecule has 1 saturated carbocycles. The Kier molecular flexibility index (Phi) is 4.67. The molecule has 0 bridgehead atoms. The molecule has 0 amide bonds. The smallest absolute Gasteiger partial charge is 0.150 e. The zero-order valence-corrected chi connectivity index (χ0v) is 11.9. The van der Waals surface area contributed by atoms with Gasteiger partial charge in [0, 0.05) is 18.8 Å². The van der Waals surface area contributed by atoms with E-state index in [2.05, 4.69) is 0 Å². The van der Waals surface area contributed by atoms with Gasteiger partial charge < -0.3 is 9.84 Å². The molecule has 0 spiro atoms. The summed E-state index contributed by atoms with van der Waals surface area (Å²) in [4.78, 5) is 0. The number of hydrogen-bond donors (Lipinski definition) is 1. The molecule has 4 unspecified atom stereocenters. The first-order valence-electron chi connectivity index (χ1n) is 6.93. The first kappa shape index (κ1) is 14.3. The van der Waals surface area contributed by atoms with Crippen LogP contribution in [0.5, 0.6) is 0 Å². The first-order chi connectivity index (χ1) is 8.48. The van der Waals surface area contributed by atoms with Crippen LogP contribution in [-0.4, -0.2) is 44.3 Å². The van der Waals surface area contributed by atoms with Gasteiger partial charge in [-0.15, -0.1) is 0 Å². The first-order valence-corrected chi connectivity index (χ1v) is 8.88. The van der Waals surface area contributed by atoms with Gasteiger partial charge in [0.2, 0.25) is 0 Å². The maximum absolute atomic E-state index is 11.6. The second kappa shape index (κ2) is 5.88. The number of sulfone groups is 1. The van der Waals surface area contributed by atoms with Crippen molar-refractivity contribution in [1.29, 1.82) is 0 Å².